The van der Waals surface area contributed by atoms with E-state index in [1.807, 2.05) is 54.6 Å². The predicted octanol–water partition coefficient (Wildman–Crippen LogP) is 5.46. The van der Waals surface area contributed by atoms with Crippen LogP contribution in [0.15, 0.2) is 115 Å². The quantitative estimate of drug-likeness (QED) is 0.0323. The Hall–Kier alpha value is -4.42. The van der Waals surface area contributed by atoms with Gasteiger partial charge in [0, 0.05) is 0 Å². The summed E-state index contributed by atoms with van der Waals surface area (Å²) in [7, 11) is 0. The number of hydrogen-bond acceptors (Lipinski definition) is 13. The maximum Gasteiger partial charge on any atom is 0.261 e. The Morgan fingerprint density at radius 3 is 0.825 bits per heavy atom. The summed E-state index contributed by atoms with van der Waals surface area (Å²) in [5, 5.41) is 0. The summed E-state index contributed by atoms with van der Waals surface area (Å²) < 4.78 is 62.5. The third kappa shape index (κ3) is 17.2. The third-order valence-corrected chi connectivity index (χ3v) is 9.77. The first-order chi connectivity index (χ1) is 31.2. The number of carbonyl (C=O) groups is 2. The molecule has 0 saturated heterocycles. The molecule has 14 nitrogen and oxygen atoms in total. The summed E-state index contributed by atoms with van der Waals surface area (Å²) in [6, 6.07) is 37.7. The minimum atomic E-state index is -0.761. The van der Waals surface area contributed by atoms with Crippen molar-refractivity contribution in [2.24, 2.45) is 0 Å². The van der Waals surface area contributed by atoms with Gasteiger partial charge in [-0.3, -0.25) is 14.5 Å². The van der Waals surface area contributed by atoms with Gasteiger partial charge in [-0.2, -0.15) is 0 Å². The van der Waals surface area contributed by atoms with E-state index in [1.165, 1.54) is 4.90 Å². The fourth-order valence-corrected chi connectivity index (χ4v) is 6.70. The molecule has 5 rings (SSSR count). The van der Waals surface area contributed by atoms with E-state index in [-0.39, 0.29) is 25.0 Å². The number of hydrogen-bond donors (Lipinski definition) is 0. The molecule has 0 N–H and O–H groups in total. The van der Waals surface area contributed by atoms with Gasteiger partial charge in [0.05, 0.1) is 156 Å². The highest BCUT2D eigenvalue weighted by Gasteiger charge is 2.37. The topological polar surface area (TPSA) is 139 Å². The van der Waals surface area contributed by atoms with Crippen LogP contribution in [-0.2, 0) is 57.7 Å². The van der Waals surface area contributed by atoms with Gasteiger partial charge in [0.25, 0.3) is 11.8 Å². The van der Waals surface area contributed by atoms with Crippen LogP contribution in [0.4, 0.5) is 0 Å². The van der Waals surface area contributed by atoms with E-state index in [9.17, 15) is 9.59 Å². The normalized spacial score (nSPS) is 12.7. The standard InChI is InChI=1S/C49H63NO13/c51-47-45-18-10-11-19-46(45)48(52)50(47)20-21-53-22-23-54-24-25-55-26-27-56-28-29-57-30-31-58-32-33-59-34-35-60-36-37-61-38-39-62-40-41-63-49(42-12-4-1-5-13-42,43-14-6-2-7-15-43)44-16-8-3-9-17-44/h1-19H,20-41H2. The highest BCUT2D eigenvalue weighted by molar-refractivity contribution is 6.21. The van der Waals surface area contributed by atoms with Crippen molar-refractivity contribution in [3.63, 3.8) is 0 Å². The van der Waals surface area contributed by atoms with Crippen LogP contribution in [0.3, 0.4) is 0 Å². The monoisotopic (exact) mass is 873 g/mol. The average molecular weight is 874 g/mol. The molecule has 2 amide bonds. The number of carbonyl (C=O) groups excluding carboxylic acids is 2. The fraction of sp³-hybridized carbons (Fsp3) is 0.469. The van der Waals surface area contributed by atoms with E-state index in [1.54, 1.807) is 24.3 Å². The fourth-order valence-electron chi connectivity index (χ4n) is 6.70. The van der Waals surface area contributed by atoms with Gasteiger partial charge >= 0.3 is 0 Å². The molecule has 0 radical (unpaired) electrons. The molecule has 63 heavy (non-hydrogen) atoms. The van der Waals surface area contributed by atoms with E-state index in [0.29, 0.717) is 143 Å². The molecule has 1 aliphatic heterocycles. The summed E-state index contributed by atoms with van der Waals surface area (Å²) in [6.07, 6.45) is 0. The number of fused-ring (bicyclic) bond motifs is 1. The van der Waals surface area contributed by atoms with Gasteiger partial charge in [0.1, 0.15) is 5.60 Å². The van der Waals surface area contributed by atoms with Crippen molar-refractivity contribution < 1.29 is 61.7 Å². The summed E-state index contributed by atoms with van der Waals surface area (Å²) in [4.78, 5) is 25.9. The Bertz CT molecular complexity index is 1670. The molecule has 0 spiro atoms. The number of amides is 2. The Morgan fingerprint density at radius 1 is 0.302 bits per heavy atom. The van der Waals surface area contributed by atoms with Crippen LogP contribution in [0.2, 0.25) is 0 Å². The minimum Gasteiger partial charge on any atom is -0.377 e. The maximum absolute atomic E-state index is 12.3. The van der Waals surface area contributed by atoms with Crippen LogP contribution in [0.25, 0.3) is 0 Å². The third-order valence-electron chi connectivity index (χ3n) is 9.77. The summed E-state index contributed by atoms with van der Waals surface area (Å²) >= 11 is 0. The van der Waals surface area contributed by atoms with Crippen molar-refractivity contribution in [1.29, 1.82) is 0 Å². The maximum atomic E-state index is 12.3. The lowest BCUT2D eigenvalue weighted by Gasteiger charge is -2.36. The first-order valence-electron chi connectivity index (χ1n) is 21.7. The molecule has 342 valence electrons. The first kappa shape index (κ1) is 49.6. The van der Waals surface area contributed by atoms with Crippen molar-refractivity contribution in [3.05, 3.63) is 143 Å². The van der Waals surface area contributed by atoms with E-state index >= 15 is 0 Å². The molecule has 0 bridgehead atoms. The van der Waals surface area contributed by atoms with Gasteiger partial charge in [0.15, 0.2) is 0 Å². The van der Waals surface area contributed by atoms with Crippen LogP contribution < -0.4 is 0 Å². The van der Waals surface area contributed by atoms with E-state index in [0.717, 1.165) is 16.7 Å². The number of benzene rings is 4. The zero-order valence-electron chi connectivity index (χ0n) is 36.3. The lowest BCUT2D eigenvalue weighted by molar-refractivity contribution is -0.0399. The van der Waals surface area contributed by atoms with Crippen molar-refractivity contribution in [3.8, 4) is 0 Å². The number of rotatable bonds is 37. The van der Waals surface area contributed by atoms with Crippen LogP contribution in [0.5, 0.6) is 0 Å². The van der Waals surface area contributed by atoms with Crippen molar-refractivity contribution in [1.82, 2.24) is 4.90 Å². The van der Waals surface area contributed by atoms with E-state index in [4.69, 9.17) is 52.1 Å². The van der Waals surface area contributed by atoms with Gasteiger partial charge < -0.3 is 52.1 Å². The molecule has 0 aromatic heterocycles. The molecule has 4 aromatic rings. The molecule has 0 fully saturated rings. The number of ether oxygens (including phenoxy) is 11. The molecule has 0 aliphatic carbocycles. The SMILES string of the molecule is O=C1c2ccccc2C(=O)N1CCOCCOCCOCCOCCOCCOCCOCCOCCOCCOCCOC(c1ccccc1)(c1ccccc1)c1ccccc1. The van der Waals surface area contributed by atoms with Crippen molar-refractivity contribution in [2.45, 2.75) is 5.60 Å². The largest absolute Gasteiger partial charge is 0.377 e. The lowest BCUT2D eigenvalue weighted by atomic mass is 9.80. The highest BCUT2D eigenvalue weighted by Crippen LogP contribution is 2.40. The molecule has 14 heteroatoms. The summed E-state index contributed by atoms with van der Waals surface area (Å²) in [5.41, 5.74) is 3.30. The Kier molecular flexibility index (Phi) is 24.1. The molecular formula is C49H63NO13. The Labute approximate surface area is 371 Å². The number of imide groups is 1. The second-order valence-electron chi connectivity index (χ2n) is 14.1. The minimum absolute atomic E-state index is 0.210. The van der Waals surface area contributed by atoms with Gasteiger partial charge in [0.2, 0.25) is 0 Å². The van der Waals surface area contributed by atoms with Gasteiger partial charge in [-0.25, -0.2) is 0 Å². The second-order valence-corrected chi connectivity index (χ2v) is 14.1. The highest BCUT2D eigenvalue weighted by atomic mass is 16.6. The van der Waals surface area contributed by atoms with E-state index < -0.39 is 5.60 Å². The van der Waals surface area contributed by atoms with Crippen molar-refractivity contribution >= 4 is 11.8 Å². The van der Waals surface area contributed by atoms with Gasteiger partial charge in [-0.15, -0.1) is 0 Å². The smallest absolute Gasteiger partial charge is 0.261 e. The lowest BCUT2D eigenvalue weighted by Crippen LogP contribution is -2.34. The second kappa shape index (κ2) is 30.6. The molecule has 0 unspecified atom stereocenters. The Morgan fingerprint density at radius 2 is 0.540 bits per heavy atom. The van der Waals surface area contributed by atoms with Crippen LogP contribution in [0.1, 0.15) is 37.4 Å². The molecular weight excluding hydrogens is 811 g/mol. The zero-order valence-corrected chi connectivity index (χ0v) is 36.3. The zero-order chi connectivity index (χ0) is 43.9. The van der Waals surface area contributed by atoms with Gasteiger partial charge in [-0.1, -0.05) is 103 Å². The molecule has 1 aliphatic rings. The van der Waals surface area contributed by atoms with Crippen LogP contribution in [0, 0.1) is 0 Å². The summed E-state index contributed by atoms with van der Waals surface area (Å²) in [5.74, 6) is -0.560. The van der Waals surface area contributed by atoms with Crippen LogP contribution >= 0.6 is 0 Å². The molecule has 0 saturated carbocycles. The van der Waals surface area contributed by atoms with Crippen LogP contribution in [-0.4, -0.2) is 162 Å². The Balaban J connectivity index is 0.726. The first-order valence-corrected chi connectivity index (χ1v) is 21.7. The van der Waals surface area contributed by atoms with Crippen molar-refractivity contribution in [2.75, 3.05) is 145 Å². The predicted molar refractivity (Wildman–Crippen MR) is 235 cm³/mol. The number of nitrogens with zero attached hydrogens (tertiary/aromatic N) is 1. The van der Waals surface area contributed by atoms with E-state index in [2.05, 4.69) is 36.4 Å². The summed E-state index contributed by atoms with van der Waals surface area (Å²) in [6.45, 7) is 9.54. The average Bonchev–Trinajstić information content (AvgIpc) is 3.57. The molecule has 1 heterocycles. The molecule has 0 atom stereocenters. The van der Waals surface area contributed by atoms with Gasteiger partial charge in [-0.05, 0) is 28.8 Å². The molecule has 4 aromatic carbocycles.